The van der Waals surface area contributed by atoms with E-state index in [-0.39, 0.29) is 17.3 Å². The number of fused-ring (bicyclic) bond motifs is 1. The molecule has 8 heteroatoms. The Balaban J connectivity index is 1.71. The zero-order chi connectivity index (χ0) is 19.0. The summed E-state index contributed by atoms with van der Waals surface area (Å²) in [6.45, 7) is 1.26. The summed E-state index contributed by atoms with van der Waals surface area (Å²) in [6.07, 6.45) is 0.933. The molecule has 1 aliphatic rings. The fourth-order valence-corrected chi connectivity index (χ4v) is 5.34. The molecule has 4 rings (SSSR count). The van der Waals surface area contributed by atoms with Crippen molar-refractivity contribution in [2.24, 2.45) is 5.73 Å². The molecule has 0 bridgehead atoms. The number of rotatable bonds is 5. The molecule has 1 aromatic carbocycles. The third-order valence-corrected chi connectivity index (χ3v) is 6.74. The van der Waals surface area contributed by atoms with Crippen molar-refractivity contribution in [2.75, 3.05) is 6.54 Å². The first kappa shape index (κ1) is 17.8. The lowest BCUT2D eigenvalue weighted by Gasteiger charge is -2.35. The van der Waals surface area contributed by atoms with Gasteiger partial charge in [0.25, 0.3) is 5.69 Å². The van der Waals surface area contributed by atoms with Crippen LogP contribution in [-0.2, 0) is 13.0 Å². The van der Waals surface area contributed by atoms with Gasteiger partial charge in [-0.25, -0.2) is 0 Å². The molecular weight excluding hydrogens is 382 g/mol. The van der Waals surface area contributed by atoms with Gasteiger partial charge < -0.3 is 5.73 Å². The van der Waals surface area contributed by atoms with E-state index in [4.69, 9.17) is 5.73 Å². The van der Waals surface area contributed by atoms with Crippen molar-refractivity contribution in [3.8, 4) is 0 Å². The number of nitrogens with zero attached hydrogens (tertiary/aromatic N) is 2. The first-order valence-electron chi connectivity index (χ1n) is 8.45. The lowest BCUT2D eigenvalue weighted by Crippen LogP contribution is -2.34. The van der Waals surface area contributed by atoms with Crippen molar-refractivity contribution in [2.45, 2.75) is 19.0 Å². The normalized spacial score (nSPS) is 16.8. The molecule has 6 nitrogen and oxygen atoms in total. The van der Waals surface area contributed by atoms with Crippen LogP contribution in [0.1, 0.15) is 37.3 Å². The van der Waals surface area contributed by atoms with Crippen LogP contribution in [0.2, 0.25) is 0 Å². The number of nitrogens with two attached hydrogens (primary N) is 1. The lowest BCUT2D eigenvalue weighted by molar-refractivity contribution is -0.385. The van der Waals surface area contributed by atoms with Crippen LogP contribution in [0.3, 0.4) is 0 Å². The maximum atomic E-state index is 11.5. The van der Waals surface area contributed by atoms with Crippen molar-refractivity contribution in [1.82, 2.24) is 4.90 Å². The predicted octanol–water partition coefficient (Wildman–Crippen LogP) is 3.96. The largest absolute Gasteiger partial charge is 0.366 e. The van der Waals surface area contributed by atoms with Crippen molar-refractivity contribution in [3.63, 3.8) is 0 Å². The third-order valence-electron chi connectivity index (χ3n) is 4.82. The summed E-state index contributed by atoms with van der Waals surface area (Å²) in [4.78, 5) is 27.4. The Hall–Kier alpha value is -2.55. The van der Waals surface area contributed by atoms with E-state index in [9.17, 15) is 14.9 Å². The van der Waals surface area contributed by atoms with Gasteiger partial charge in [0.15, 0.2) is 0 Å². The number of nitro benzene ring substituents is 1. The number of primary amides is 1. The van der Waals surface area contributed by atoms with Gasteiger partial charge in [-0.15, -0.1) is 22.7 Å². The van der Waals surface area contributed by atoms with E-state index in [2.05, 4.69) is 27.8 Å². The van der Waals surface area contributed by atoms with E-state index in [1.165, 1.54) is 21.4 Å². The Morgan fingerprint density at radius 1 is 1.26 bits per heavy atom. The lowest BCUT2D eigenvalue weighted by atomic mass is 9.97. The minimum Gasteiger partial charge on any atom is -0.366 e. The number of hydrogen-bond acceptors (Lipinski definition) is 6. The summed E-state index contributed by atoms with van der Waals surface area (Å²) < 4.78 is 0. The van der Waals surface area contributed by atoms with Gasteiger partial charge in [-0.05, 0) is 40.9 Å². The Labute approximate surface area is 164 Å². The minimum atomic E-state index is -0.665. The average Bonchev–Trinajstić information content (AvgIpc) is 3.33. The van der Waals surface area contributed by atoms with Crippen molar-refractivity contribution < 1.29 is 9.72 Å². The standard InChI is InChI=1S/C19H17N3O3S2/c20-19(23)12-3-4-13(15(10-12)22(24)25)11-21-7-5-16-14(6-9-27-16)18(21)17-2-1-8-26-17/h1-4,6,8-10,18H,5,7,11H2,(H2,20,23)/t18-/m0/s1. The van der Waals surface area contributed by atoms with Gasteiger partial charge in [-0.3, -0.25) is 19.8 Å². The van der Waals surface area contributed by atoms with E-state index < -0.39 is 10.8 Å². The number of carbonyl (C=O) groups is 1. The quantitative estimate of drug-likeness (QED) is 0.519. The van der Waals surface area contributed by atoms with Crippen LogP contribution in [0.4, 0.5) is 5.69 Å². The fraction of sp³-hybridized carbons (Fsp3) is 0.211. The van der Waals surface area contributed by atoms with Crippen LogP contribution < -0.4 is 5.73 Å². The molecule has 0 unspecified atom stereocenters. The van der Waals surface area contributed by atoms with Gasteiger partial charge in [0.2, 0.25) is 5.91 Å². The van der Waals surface area contributed by atoms with Gasteiger partial charge in [-0.2, -0.15) is 0 Å². The maximum Gasteiger partial charge on any atom is 0.274 e. The molecule has 1 atom stereocenters. The fourth-order valence-electron chi connectivity index (χ4n) is 3.56. The van der Waals surface area contributed by atoms with E-state index in [1.807, 2.05) is 6.07 Å². The summed E-state index contributed by atoms with van der Waals surface area (Å²) in [6, 6.07) is 10.9. The molecule has 27 heavy (non-hydrogen) atoms. The first-order valence-corrected chi connectivity index (χ1v) is 10.2. The number of nitro groups is 1. The molecular formula is C19H17N3O3S2. The second kappa shape index (κ2) is 7.22. The molecule has 1 amide bonds. The second-order valence-corrected chi connectivity index (χ2v) is 8.38. The molecule has 0 radical (unpaired) electrons. The third kappa shape index (κ3) is 3.39. The predicted molar refractivity (Wildman–Crippen MR) is 106 cm³/mol. The Kier molecular flexibility index (Phi) is 4.77. The highest BCUT2D eigenvalue weighted by Crippen LogP contribution is 2.40. The molecule has 0 fully saturated rings. The first-order chi connectivity index (χ1) is 13.0. The molecule has 0 spiro atoms. The van der Waals surface area contributed by atoms with Crippen LogP contribution in [-0.4, -0.2) is 22.3 Å². The van der Waals surface area contributed by atoms with E-state index >= 15 is 0 Å². The average molecular weight is 399 g/mol. The second-order valence-electron chi connectivity index (χ2n) is 6.40. The van der Waals surface area contributed by atoms with Gasteiger partial charge in [0, 0.05) is 40.0 Å². The maximum absolute atomic E-state index is 11.5. The summed E-state index contributed by atoms with van der Waals surface area (Å²) in [5, 5.41) is 15.7. The zero-order valence-electron chi connectivity index (χ0n) is 14.3. The highest BCUT2D eigenvalue weighted by Gasteiger charge is 2.31. The molecule has 2 N–H and O–H groups in total. The zero-order valence-corrected chi connectivity index (χ0v) is 16.0. The summed E-state index contributed by atoms with van der Waals surface area (Å²) in [5.41, 5.74) is 7.24. The molecule has 3 heterocycles. The highest BCUT2D eigenvalue weighted by atomic mass is 32.1. The summed E-state index contributed by atoms with van der Waals surface area (Å²) in [5.74, 6) is -0.665. The van der Waals surface area contributed by atoms with Crippen LogP contribution >= 0.6 is 22.7 Å². The van der Waals surface area contributed by atoms with Crippen molar-refractivity contribution >= 4 is 34.3 Å². The smallest absolute Gasteiger partial charge is 0.274 e. The van der Waals surface area contributed by atoms with Crippen molar-refractivity contribution in [3.05, 3.63) is 83.7 Å². The van der Waals surface area contributed by atoms with Gasteiger partial charge in [0.05, 0.1) is 11.0 Å². The van der Waals surface area contributed by atoms with E-state index in [0.717, 1.165) is 13.0 Å². The van der Waals surface area contributed by atoms with Crippen LogP contribution in [0.15, 0.2) is 47.2 Å². The van der Waals surface area contributed by atoms with Crippen LogP contribution in [0.5, 0.6) is 0 Å². The summed E-state index contributed by atoms with van der Waals surface area (Å²) in [7, 11) is 0. The summed E-state index contributed by atoms with van der Waals surface area (Å²) >= 11 is 3.46. The molecule has 3 aromatic rings. The number of thiophene rings is 2. The van der Waals surface area contributed by atoms with Gasteiger partial charge in [-0.1, -0.05) is 12.1 Å². The monoisotopic (exact) mass is 399 g/mol. The molecule has 0 saturated carbocycles. The number of benzene rings is 1. The minimum absolute atomic E-state index is 0.0626. The Morgan fingerprint density at radius 2 is 2.11 bits per heavy atom. The van der Waals surface area contributed by atoms with Crippen molar-refractivity contribution in [1.29, 1.82) is 0 Å². The Bertz CT molecular complexity index is 998. The van der Waals surface area contributed by atoms with Crippen LogP contribution in [0, 0.1) is 10.1 Å². The highest BCUT2D eigenvalue weighted by molar-refractivity contribution is 7.10. The van der Waals surface area contributed by atoms with Gasteiger partial charge >= 0.3 is 0 Å². The Morgan fingerprint density at radius 3 is 2.81 bits per heavy atom. The molecule has 0 aliphatic carbocycles. The van der Waals surface area contributed by atoms with E-state index in [1.54, 1.807) is 34.8 Å². The molecule has 2 aromatic heterocycles. The number of hydrogen-bond donors (Lipinski definition) is 1. The van der Waals surface area contributed by atoms with E-state index in [0.29, 0.717) is 12.1 Å². The number of carbonyl (C=O) groups excluding carboxylic acids is 1. The number of amides is 1. The van der Waals surface area contributed by atoms with Crippen LogP contribution in [0.25, 0.3) is 0 Å². The topological polar surface area (TPSA) is 89.5 Å². The molecule has 138 valence electrons. The molecule has 0 saturated heterocycles. The molecule has 1 aliphatic heterocycles. The van der Waals surface area contributed by atoms with Gasteiger partial charge in [0.1, 0.15) is 0 Å². The SMILES string of the molecule is NC(=O)c1ccc(CN2CCc3sccc3[C@H]2c2cccs2)c([N+](=O)[O-])c1.